The molecule has 0 bridgehead atoms. The van der Waals surface area contributed by atoms with Gasteiger partial charge in [0.05, 0.1) is 0 Å². The second-order valence-electron chi connectivity index (χ2n) is 8.78. The van der Waals surface area contributed by atoms with Crippen molar-refractivity contribution < 1.29 is 0 Å². The van der Waals surface area contributed by atoms with Gasteiger partial charge in [0.1, 0.15) is 8.07 Å². The Hall–Kier alpha value is -2.84. The van der Waals surface area contributed by atoms with E-state index in [9.17, 15) is 0 Å². The van der Waals surface area contributed by atoms with Gasteiger partial charge in [0.25, 0.3) is 0 Å². The van der Waals surface area contributed by atoms with Gasteiger partial charge in [0, 0.05) is 21.1 Å². The Balaban J connectivity index is 1.75. The van der Waals surface area contributed by atoms with Crippen LogP contribution in [0.25, 0.3) is 12.2 Å². The summed E-state index contributed by atoms with van der Waals surface area (Å²) in [6.07, 6.45) is 4.32. The zero-order valence-electron chi connectivity index (χ0n) is 18.0. The van der Waals surface area contributed by atoms with E-state index in [4.69, 9.17) is 23.2 Å². The van der Waals surface area contributed by atoms with E-state index in [0.717, 1.165) is 10.1 Å². The van der Waals surface area contributed by atoms with Crippen LogP contribution in [0.15, 0.2) is 119 Å². The van der Waals surface area contributed by atoms with Crippen molar-refractivity contribution in [1.82, 2.24) is 0 Å². The summed E-state index contributed by atoms with van der Waals surface area (Å²) in [7, 11) is -2.71. The smallest absolute Gasteiger partial charge is 0.0888 e. The van der Waals surface area contributed by atoms with Crippen LogP contribution in [0.3, 0.4) is 0 Å². The first-order valence-corrected chi connectivity index (χ1v) is 14.2. The molecule has 0 nitrogen and oxygen atoms in total. The highest BCUT2D eigenvalue weighted by atomic mass is 35.5. The third kappa shape index (κ3) is 3.11. The predicted octanol–water partition coefficient (Wildman–Crippen LogP) is 7.08. The van der Waals surface area contributed by atoms with Gasteiger partial charge in [-0.05, 0) is 34.4 Å². The maximum atomic E-state index is 7.21. The van der Waals surface area contributed by atoms with Gasteiger partial charge in [0.15, 0.2) is 0 Å². The van der Waals surface area contributed by atoms with Crippen molar-refractivity contribution >= 4 is 53.8 Å². The normalized spacial score (nSPS) is 19.0. The van der Waals surface area contributed by atoms with E-state index in [1.165, 1.54) is 32.6 Å². The van der Waals surface area contributed by atoms with E-state index in [1.54, 1.807) is 0 Å². The molecule has 0 heterocycles. The Labute approximate surface area is 205 Å². The third-order valence-corrected chi connectivity index (χ3v) is 13.8. The minimum atomic E-state index is -2.71. The number of hydrogen-bond acceptors (Lipinski definition) is 0. The molecule has 4 aromatic rings. The molecule has 0 spiro atoms. The zero-order chi connectivity index (χ0) is 22.4. The van der Waals surface area contributed by atoms with Gasteiger partial charge in [0.2, 0.25) is 0 Å². The van der Waals surface area contributed by atoms with Crippen LogP contribution in [-0.4, -0.2) is 8.07 Å². The fourth-order valence-corrected chi connectivity index (χ4v) is 13.5. The van der Waals surface area contributed by atoms with E-state index in [-0.39, 0.29) is 11.1 Å². The minimum absolute atomic E-state index is 0.0680. The van der Waals surface area contributed by atoms with Crippen LogP contribution in [0.2, 0.25) is 0 Å². The molecule has 0 saturated carbocycles. The summed E-state index contributed by atoms with van der Waals surface area (Å²) in [6.45, 7) is 0. The molecule has 4 aromatic carbocycles. The molecular weight excluding hydrogens is 459 g/mol. The average Bonchev–Trinajstić information content (AvgIpc) is 3.38. The van der Waals surface area contributed by atoms with E-state index < -0.39 is 8.07 Å². The Kier molecular flexibility index (Phi) is 5.14. The van der Waals surface area contributed by atoms with Crippen molar-refractivity contribution in [3.05, 3.63) is 142 Å². The number of halogens is 2. The zero-order valence-corrected chi connectivity index (χ0v) is 20.5. The van der Waals surface area contributed by atoms with Gasteiger partial charge < -0.3 is 0 Å². The summed E-state index contributed by atoms with van der Waals surface area (Å²) in [5.41, 5.74) is 5.16. The molecule has 0 N–H and O–H groups in total. The lowest BCUT2D eigenvalue weighted by Gasteiger charge is -2.44. The summed E-state index contributed by atoms with van der Waals surface area (Å²) in [4.78, 5) is 0. The largest absolute Gasteiger partial charge is 0.142 e. The quantitative estimate of drug-likeness (QED) is 0.273. The van der Waals surface area contributed by atoms with Gasteiger partial charge in [-0.2, -0.15) is 0 Å². The molecule has 0 saturated heterocycles. The molecule has 33 heavy (non-hydrogen) atoms. The van der Waals surface area contributed by atoms with Crippen molar-refractivity contribution in [2.75, 3.05) is 0 Å². The van der Waals surface area contributed by atoms with Gasteiger partial charge in [-0.1, -0.05) is 143 Å². The highest BCUT2D eigenvalue weighted by Crippen LogP contribution is 2.53. The van der Waals surface area contributed by atoms with Crippen LogP contribution in [0.1, 0.15) is 33.3 Å². The van der Waals surface area contributed by atoms with E-state index >= 15 is 0 Å². The second-order valence-corrected chi connectivity index (χ2v) is 13.7. The molecule has 0 fully saturated rings. The second kappa shape index (κ2) is 8.18. The molecule has 2 aliphatic carbocycles. The molecule has 2 aliphatic rings. The monoisotopic (exact) mass is 480 g/mol. The van der Waals surface area contributed by atoms with E-state index in [1.807, 2.05) is 0 Å². The van der Waals surface area contributed by atoms with Crippen LogP contribution in [0.4, 0.5) is 0 Å². The Morgan fingerprint density at radius 2 is 0.818 bits per heavy atom. The van der Waals surface area contributed by atoms with Crippen molar-refractivity contribution in [3.63, 3.8) is 0 Å². The highest BCUT2D eigenvalue weighted by molar-refractivity contribution is 7.06. The standard InChI is InChI=1S/C30H22Cl2Si/c31-27-19-21-11-7-9-17-25(21)29(27)33(23-13-3-1-4-14-23,24-15-5-2-6-16-24)30-26-18-10-8-12-22(26)20-28(30)32/h1-20,29-30H. The SMILES string of the molecule is ClC1=Cc2ccccc2C1[Si](c1ccccc1)(c1ccccc1)C1C(Cl)=Cc2ccccc21. The topological polar surface area (TPSA) is 0 Å². The highest BCUT2D eigenvalue weighted by Gasteiger charge is 2.56. The molecule has 3 heteroatoms. The third-order valence-electron chi connectivity index (χ3n) is 7.17. The average molecular weight is 481 g/mol. The molecule has 2 unspecified atom stereocenters. The summed E-state index contributed by atoms with van der Waals surface area (Å²) >= 11 is 14.4. The molecule has 0 aromatic heterocycles. The fourth-order valence-electron chi connectivity index (χ4n) is 5.92. The van der Waals surface area contributed by atoms with Crippen LogP contribution in [-0.2, 0) is 0 Å². The van der Waals surface area contributed by atoms with Crippen molar-refractivity contribution in [2.45, 2.75) is 11.1 Å². The maximum absolute atomic E-state index is 7.21. The first kappa shape index (κ1) is 20.7. The van der Waals surface area contributed by atoms with Crippen molar-refractivity contribution in [1.29, 1.82) is 0 Å². The molecule has 6 rings (SSSR count). The van der Waals surface area contributed by atoms with Crippen LogP contribution >= 0.6 is 23.2 Å². The van der Waals surface area contributed by atoms with Crippen LogP contribution in [0, 0.1) is 0 Å². The Bertz CT molecular complexity index is 1280. The van der Waals surface area contributed by atoms with Gasteiger partial charge >= 0.3 is 0 Å². The minimum Gasteiger partial charge on any atom is -0.0888 e. The lowest BCUT2D eigenvalue weighted by atomic mass is 10.1. The van der Waals surface area contributed by atoms with Crippen LogP contribution < -0.4 is 10.4 Å². The number of rotatable bonds is 4. The van der Waals surface area contributed by atoms with Gasteiger partial charge in [-0.25, -0.2) is 0 Å². The Morgan fingerprint density at radius 3 is 1.24 bits per heavy atom. The van der Waals surface area contributed by atoms with Crippen molar-refractivity contribution in [3.8, 4) is 0 Å². The summed E-state index contributed by atoms with van der Waals surface area (Å²) < 4.78 is 0. The molecule has 160 valence electrons. The first-order valence-electron chi connectivity index (χ1n) is 11.2. The number of hydrogen-bond donors (Lipinski definition) is 0. The van der Waals surface area contributed by atoms with Crippen molar-refractivity contribution in [2.24, 2.45) is 0 Å². The molecule has 2 atom stereocenters. The van der Waals surface area contributed by atoms with E-state index in [2.05, 4.69) is 121 Å². The van der Waals surface area contributed by atoms with Gasteiger partial charge in [-0.15, -0.1) is 0 Å². The summed E-state index contributed by atoms with van der Waals surface area (Å²) in [5.74, 6) is 0. The van der Waals surface area contributed by atoms with Gasteiger partial charge in [-0.3, -0.25) is 0 Å². The summed E-state index contributed by atoms with van der Waals surface area (Å²) in [5, 5.41) is 4.50. The molecule has 0 amide bonds. The number of benzene rings is 4. The predicted molar refractivity (Wildman–Crippen MR) is 144 cm³/mol. The molecular formula is C30H22Cl2Si. The fraction of sp³-hybridized carbons (Fsp3) is 0.0667. The number of fused-ring (bicyclic) bond motifs is 2. The molecule has 0 aliphatic heterocycles. The molecule has 0 radical (unpaired) electrons. The number of allylic oxidation sites excluding steroid dienone is 2. The maximum Gasteiger partial charge on any atom is 0.142 e. The lowest BCUT2D eigenvalue weighted by Crippen LogP contribution is -2.66. The van der Waals surface area contributed by atoms with Crippen LogP contribution in [0.5, 0.6) is 0 Å². The first-order chi connectivity index (χ1) is 16.2. The lowest BCUT2D eigenvalue weighted by molar-refractivity contribution is 1.05. The van der Waals surface area contributed by atoms with E-state index in [0.29, 0.717) is 0 Å². The Morgan fingerprint density at radius 1 is 0.455 bits per heavy atom. The summed E-state index contributed by atoms with van der Waals surface area (Å²) in [6, 6.07) is 39.2.